The molecule has 1 aromatic heterocycles. The van der Waals surface area contributed by atoms with Gasteiger partial charge in [-0.1, -0.05) is 76.1 Å². The summed E-state index contributed by atoms with van der Waals surface area (Å²) >= 11 is 5.36. The summed E-state index contributed by atoms with van der Waals surface area (Å²) in [4.78, 5) is 0. The third-order valence-corrected chi connectivity index (χ3v) is 6.76. The summed E-state index contributed by atoms with van der Waals surface area (Å²) < 4.78 is 8.46. The molecular formula is C24H29BrOS. The molecule has 0 N–H and O–H groups in total. The van der Waals surface area contributed by atoms with E-state index in [1.807, 2.05) is 0 Å². The molecule has 0 aliphatic carbocycles. The average molecular weight is 445 g/mol. The van der Waals surface area contributed by atoms with Crippen LogP contribution in [0.1, 0.15) is 63.9 Å². The van der Waals surface area contributed by atoms with E-state index in [0.29, 0.717) is 0 Å². The Morgan fingerprint density at radius 1 is 0.815 bits per heavy atom. The second-order valence-corrected chi connectivity index (χ2v) is 9.54. The molecule has 1 nitrogen and oxygen atoms in total. The van der Waals surface area contributed by atoms with Gasteiger partial charge < -0.3 is 4.74 Å². The van der Waals surface area contributed by atoms with Gasteiger partial charge in [0.1, 0.15) is 9.54 Å². The van der Waals surface area contributed by atoms with Crippen LogP contribution >= 0.6 is 27.3 Å². The zero-order valence-corrected chi connectivity index (χ0v) is 18.6. The molecule has 144 valence electrons. The highest BCUT2D eigenvalue weighted by Gasteiger charge is 2.12. The summed E-state index contributed by atoms with van der Waals surface area (Å²) in [6.07, 6.45) is 12.1. The smallest absolute Gasteiger partial charge is 0.160 e. The third kappa shape index (κ3) is 6.08. The Morgan fingerprint density at radius 3 is 2.22 bits per heavy atom. The van der Waals surface area contributed by atoms with Crippen LogP contribution in [0.4, 0.5) is 0 Å². The van der Waals surface area contributed by atoms with E-state index in [0.717, 1.165) is 20.7 Å². The molecule has 3 heteroatoms. The molecule has 1 heterocycles. The number of ether oxygens (including phenoxy) is 1. The van der Waals surface area contributed by atoms with Crippen LogP contribution in [0.2, 0.25) is 0 Å². The second kappa shape index (κ2) is 10.9. The standard InChI is InChI=1S/C24H29BrOS/c1-2-3-4-5-6-7-8-9-12-19-15-17-20(18-16-19)26-23-21-13-10-11-14-22(21)27-24(23)25/h10-11,13-18H,2-9,12H2,1H3. The number of thiophene rings is 1. The monoisotopic (exact) mass is 444 g/mol. The van der Waals surface area contributed by atoms with Crippen molar-refractivity contribution in [3.8, 4) is 11.5 Å². The lowest BCUT2D eigenvalue weighted by Crippen LogP contribution is -1.88. The van der Waals surface area contributed by atoms with Crippen molar-refractivity contribution in [2.45, 2.75) is 64.7 Å². The average Bonchev–Trinajstić information content (AvgIpc) is 3.00. The molecule has 0 amide bonds. The van der Waals surface area contributed by atoms with Crippen LogP contribution in [0.15, 0.2) is 52.3 Å². The minimum atomic E-state index is 0.902. The Labute approximate surface area is 175 Å². The van der Waals surface area contributed by atoms with Gasteiger partial charge in [-0.3, -0.25) is 0 Å². The van der Waals surface area contributed by atoms with Gasteiger partial charge in [0.05, 0.1) is 0 Å². The lowest BCUT2D eigenvalue weighted by molar-refractivity contribution is 0.487. The zero-order valence-electron chi connectivity index (χ0n) is 16.2. The highest BCUT2D eigenvalue weighted by Crippen LogP contribution is 2.43. The van der Waals surface area contributed by atoms with E-state index in [9.17, 15) is 0 Å². The van der Waals surface area contributed by atoms with Gasteiger partial charge >= 0.3 is 0 Å². The fourth-order valence-electron chi connectivity index (χ4n) is 3.39. The quantitative estimate of drug-likeness (QED) is 0.267. The third-order valence-electron chi connectivity index (χ3n) is 4.97. The largest absolute Gasteiger partial charge is 0.455 e. The number of hydrogen-bond donors (Lipinski definition) is 0. The van der Waals surface area contributed by atoms with E-state index in [1.165, 1.54) is 68.1 Å². The Hall–Kier alpha value is -1.32. The highest BCUT2D eigenvalue weighted by atomic mass is 79.9. The number of aryl methyl sites for hydroxylation is 1. The van der Waals surface area contributed by atoms with Crippen molar-refractivity contribution < 1.29 is 4.74 Å². The number of benzene rings is 2. The minimum Gasteiger partial charge on any atom is -0.455 e. The van der Waals surface area contributed by atoms with Crippen molar-refractivity contribution in [3.63, 3.8) is 0 Å². The van der Waals surface area contributed by atoms with E-state index < -0.39 is 0 Å². The second-order valence-electron chi connectivity index (χ2n) is 7.17. The first kappa shape index (κ1) is 20.4. The van der Waals surface area contributed by atoms with Gasteiger partial charge in [-0.25, -0.2) is 0 Å². The van der Waals surface area contributed by atoms with Crippen LogP contribution in [-0.2, 0) is 6.42 Å². The van der Waals surface area contributed by atoms with Crippen molar-refractivity contribution in [2.24, 2.45) is 0 Å². The molecule has 3 rings (SSSR count). The summed E-state index contributed by atoms with van der Waals surface area (Å²) in [6, 6.07) is 17.0. The molecule has 0 saturated carbocycles. The predicted molar refractivity (Wildman–Crippen MR) is 122 cm³/mol. The van der Waals surface area contributed by atoms with Gasteiger partial charge in [0.2, 0.25) is 0 Å². The van der Waals surface area contributed by atoms with Crippen LogP contribution < -0.4 is 4.74 Å². The Bertz CT molecular complexity index is 822. The molecule has 0 atom stereocenters. The van der Waals surface area contributed by atoms with E-state index in [4.69, 9.17) is 4.74 Å². The lowest BCUT2D eigenvalue weighted by atomic mass is 10.0. The maximum absolute atomic E-state index is 6.17. The summed E-state index contributed by atoms with van der Waals surface area (Å²) in [5.74, 6) is 1.82. The fourth-order valence-corrected chi connectivity index (χ4v) is 5.06. The molecule has 0 bridgehead atoms. The first-order chi connectivity index (χ1) is 13.3. The molecule has 0 fully saturated rings. The molecule has 0 spiro atoms. The molecule has 3 aromatic rings. The van der Waals surface area contributed by atoms with Crippen molar-refractivity contribution in [2.75, 3.05) is 0 Å². The van der Waals surface area contributed by atoms with Gasteiger partial charge in [-0.2, -0.15) is 0 Å². The minimum absolute atomic E-state index is 0.902. The summed E-state index contributed by atoms with van der Waals surface area (Å²) in [6.45, 7) is 2.28. The molecule has 0 aliphatic heterocycles. The van der Waals surface area contributed by atoms with E-state index in [-0.39, 0.29) is 0 Å². The molecule has 0 unspecified atom stereocenters. The Balaban J connectivity index is 1.45. The predicted octanol–water partition coefficient (Wildman–Crippen LogP) is 9.14. The highest BCUT2D eigenvalue weighted by molar-refractivity contribution is 9.11. The van der Waals surface area contributed by atoms with E-state index in [1.54, 1.807) is 11.3 Å². The van der Waals surface area contributed by atoms with Crippen molar-refractivity contribution in [3.05, 3.63) is 57.9 Å². The van der Waals surface area contributed by atoms with Gasteiger partial charge in [0.25, 0.3) is 0 Å². The molecular weight excluding hydrogens is 416 g/mol. The number of halogens is 1. The maximum Gasteiger partial charge on any atom is 0.160 e. The Kier molecular flexibility index (Phi) is 8.22. The molecule has 0 radical (unpaired) electrons. The first-order valence-electron chi connectivity index (χ1n) is 10.2. The number of unbranched alkanes of at least 4 members (excludes halogenated alkanes) is 7. The number of rotatable bonds is 11. The van der Waals surface area contributed by atoms with Crippen molar-refractivity contribution in [1.29, 1.82) is 0 Å². The van der Waals surface area contributed by atoms with Crippen LogP contribution in [0, 0.1) is 0 Å². The van der Waals surface area contributed by atoms with E-state index >= 15 is 0 Å². The van der Waals surface area contributed by atoms with Crippen molar-refractivity contribution >= 4 is 37.4 Å². The summed E-state index contributed by atoms with van der Waals surface area (Å²) in [7, 11) is 0. The summed E-state index contributed by atoms with van der Waals surface area (Å²) in [5.41, 5.74) is 1.41. The maximum atomic E-state index is 6.17. The van der Waals surface area contributed by atoms with Gasteiger partial charge in [0, 0.05) is 10.1 Å². The molecule has 0 saturated heterocycles. The van der Waals surface area contributed by atoms with E-state index in [2.05, 4.69) is 71.4 Å². The molecule has 27 heavy (non-hydrogen) atoms. The topological polar surface area (TPSA) is 9.23 Å². The molecule has 0 aliphatic rings. The number of hydrogen-bond acceptors (Lipinski definition) is 2. The van der Waals surface area contributed by atoms with Crippen LogP contribution in [0.3, 0.4) is 0 Å². The first-order valence-corrected chi connectivity index (χ1v) is 11.8. The van der Waals surface area contributed by atoms with Crippen molar-refractivity contribution in [1.82, 2.24) is 0 Å². The fraction of sp³-hybridized carbons (Fsp3) is 0.417. The van der Waals surface area contributed by atoms with Crippen LogP contribution in [0.5, 0.6) is 11.5 Å². The zero-order chi connectivity index (χ0) is 18.9. The Morgan fingerprint density at radius 2 is 1.48 bits per heavy atom. The van der Waals surface area contributed by atoms with Gasteiger partial charge in [-0.15, -0.1) is 11.3 Å². The van der Waals surface area contributed by atoms with Gasteiger partial charge in [0.15, 0.2) is 5.75 Å². The van der Waals surface area contributed by atoms with Crippen LogP contribution in [-0.4, -0.2) is 0 Å². The summed E-state index contributed by atoms with van der Waals surface area (Å²) in [5, 5.41) is 1.16. The van der Waals surface area contributed by atoms with Gasteiger partial charge in [-0.05, 0) is 58.6 Å². The number of fused-ring (bicyclic) bond motifs is 1. The lowest BCUT2D eigenvalue weighted by Gasteiger charge is -2.07. The van der Waals surface area contributed by atoms with Crippen LogP contribution in [0.25, 0.3) is 10.1 Å². The normalized spacial score (nSPS) is 11.2. The SMILES string of the molecule is CCCCCCCCCCc1ccc(Oc2c(Br)sc3ccccc23)cc1. The molecule has 2 aromatic carbocycles.